The molecule has 29 heavy (non-hydrogen) atoms. The van der Waals surface area contributed by atoms with Crippen LogP contribution in [0.5, 0.6) is 0 Å². The molecule has 1 N–H and O–H groups in total. The van der Waals surface area contributed by atoms with E-state index in [0.29, 0.717) is 0 Å². The van der Waals surface area contributed by atoms with Gasteiger partial charge in [-0.05, 0) is 83.8 Å². The molecular formula is C25H29IN2O. The van der Waals surface area contributed by atoms with Crippen LogP contribution in [0.2, 0.25) is 0 Å². The Labute approximate surface area is 187 Å². The lowest BCUT2D eigenvalue weighted by molar-refractivity contribution is -0.0256. The molecule has 0 amide bonds. The Hall–Kier alpha value is -1.21. The number of aliphatic hydroxyl groups is 1. The summed E-state index contributed by atoms with van der Waals surface area (Å²) in [4.78, 5) is 5.09. The Bertz CT molecular complexity index is 903. The van der Waals surface area contributed by atoms with Crippen LogP contribution in [0.1, 0.15) is 36.0 Å². The number of likely N-dealkylation sites (tertiary alicyclic amines) is 2. The molecule has 3 nitrogen and oxygen atoms in total. The largest absolute Gasteiger partial charge is 0.391 e. The molecule has 2 atom stereocenters. The molecule has 2 aromatic rings. The summed E-state index contributed by atoms with van der Waals surface area (Å²) in [6, 6.07) is 17.9. The molecule has 0 radical (unpaired) electrons. The molecule has 2 aromatic carbocycles. The van der Waals surface area contributed by atoms with Gasteiger partial charge in [-0.3, -0.25) is 9.80 Å². The van der Waals surface area contributed by atoms with Crippen molar-refractivity contribution in [2.75, 3.05) is 26.2 Å². The topological polar surface area (TPSA) is 26.7 Å². The summed E-state index contributed by atoms with van der Waals surface area (Å²) in [5.41, 5.74) is 4.48. The number of benzene rings is 2. The van der Waals surface area contributed by atoms with Gasteiger partial charge >= 0.3 is 0 Å². The maximum absolute atomic E-state index is 10.8. The Morgan fingerprint density at radius 1 is 1.03 bits per heavy atom. The first-order valence-electron chi connectivity index (χ1n) is 10.8. The standard InChI is InChI=1S/C25H29IN2O/c26-21-6-3-4-19(16-21)17-27-13-9-24(29)23(18-27)28-14-11-25(12-15-28)10-8-20-5-1-2-7-22(20)25/h1-8,10,16,23-24,29H,9,11-15,17-18H2. The zero-order valence-electron chi connectivity index (χ0n) is 16.8. The van der Waals surface area contributed by atoms with Crippen LogP contribution < -0.4 is 0 Å². The highest BCUT2D eigenvalue weighted by atomic mass is 127. The number of halogens is 1. The molecule has 2 heterocycles. The fourth-order valence-corrected chi connectivity index (χ4v) is 6.11. The summed E-state index contributed by atoms with van der Waals surface area (Å²) in [6.07, 6.45) is 7.72. The van der Waals surface area contributed by atoms with E-state index in [2.05, 4.69) is 93.1 Å². The van der Waals surface area contributed by atoms with Crippen LogP contribution >= 0.6 is 22.6 Å². The number of fused-ring (bicyclic) bond motifs is 2. The molecule has 1 aliphatic carbocycles. The second-order valence-corrected chi connectivity index (χ2v) is 10.1. The molecule has 1 spiro atoms. The summed E-state index contributed by atoms with van der Waals surface area (Å²) in [6.45, 7) is 5.06. The first-order valence-corrected chi connectivity index (χ1v) is 11.9. The molecule has 0 saturated carbocycles. The molecular weight excluding hydrogens is 471 g/mol. The maximum Gasteiger partial charge on any atom is 0.0720 e. The van der Waals surface area contributed by atoms with Crippen LogP contribution in [0.15, 0.2) is 54.6 Å². The van der Waals surface area contributed by atoms with Crippen LogP contribution in [0, 0.1) is 3.57 Å². The van der Waals surface area contributed by atoms with E-state index in [1.165, 1.54) is 20.3 Å². The number of hydrogen-bond donors (Lipinski definition) is 1. The summed E-state index contributed by atoms with van der Waals surface area (Å²) >= 11 is 2.39. The van der Waals surface area contributed by atoms with Crippen molar-refractivity contribution in [2.45, 2.75) is 43.4 Å². The van der Waals surface area contributed by atoms with Gasteiger partial charge < -0.3 is 5.11 Å². The first-order chi connectivity index (χ1) is 14.1. The van der Waals surface area contributed by atoms with Crippen molar-refractivity contribution in [2.24, 2.45) is 0 Å². The van der Waals surface area contributed by atoms with Crippen LogP contribution in [0.3, 0.4) is 0 Å². The molecule has 0 bridgehead atoms. The summed E-state index contributed by atoms with van der Waals surface area (Å²) in [5.74, 6) is 0. The van der Waals surface area contributed by atoms with E-state index in [-0.39, 0.29) is 17.6 Å². The molecule has 5 rings (SSSR count). The van der Waals surface area contributed by atoms with E-state index >= 15 is 0 Å². The van der Waals surface area contributed by atoms with Crippen LogP contribution in [0.25, 0.3) is 6.08 Å². The molecule has 2 aliphatic heterocycles. The molecule has 3 aliphatic rings. The third-order valence-corrected chi connectivity index (χ3v) is 7.84. The third kappa shape index (κ3) is 3.92. The van der Waals surface area contributed by atoms with E-state index in [1.54, 1.807) is 0 Å². The third-order valence-electron chi connectivity index (χ3n) is 7.16. The smallest absolute Gasteiger partial charge is 0.0720 e. The molecule has 0 aromatic heterocycles. The van der Waals surface area contributed by atoms with Crippen molar-refractivity contribution in [3.05, 3.63) is 74.9 Å². The molecule has 2 saturated heterocycles. The van der Waals surface area contributed by atoms with Crippen molar-refractivity contribution in [1.29, 1.82) is 0 Å². The second-order valence-electron chi connectivity index (χ2n) is 8.90. The van der Waals surface area contributed by atoms with E-state index in [0.717, 1.165) is 52.0 Å². The van der Waals surface area contributed by atoms with Gasteiger partial charge in [0.2, 0.25) is 0 Å². The number of aliphatic hydroxyl groups excluding tert-OH is 1. The van der Waals surface area contributed by atoms with Gasteiger partial charge in [-0.15, -0.1) is 0 Å². The van der Waals surface area contributed by atoms with Crippen LogP contribution in [-0.2, 0) is 12.0 Å². The van der Waals surface area contributed by atoms with Crippen molar-refractivity contribution in [1.82, 2.24) is 9.80 Å². The van der Waals surface area contributed by atoms with Gasteiger partial charge in [-0.25, -0.2) is 0 Å². The molecule has 4 heteroatoms. The Morgan fingerprint density at radius 2 is 1.86 bits per heavy atom. The van der Waals surface area contributed by atoms with Crippen LogP contribution in [0.4, 0.5) is 0 Å². The minimum atomic E-state index is -0.206. The zero-order chi connectivity index (χ0) is 19.8. The monoisotopic (exact) mass is 500 g/mol. The minimum absolute atomic E-state index is 0.206. The second kappa shape index (κ2) is 8.14. The van der Waals surface area contributed by atoms with E-state index < -0.39 is 0 Å². The van der Waals surface area contributed by atoms with Gasteiger partial charge in [0.05, 0.1) is 6.10 Å². The van der Waals surface area contributed by atoms with Crippen LogP contribution in [-0.4, -0.2) is 53.2 Å². The molecule has 2 fully saturated rings. The summed E-state index contributed by atoms with van der Waals surface area (Å²) < 4.78 is 1.29. The summed E-state index contributed by atoms with van der Waals surface area (Å²) in [5, 5.41) is 10.8. The van der Waals surface area contributed by atoms with Crippen molar-refractivity contribution >= 4 is 28.7 Å². The number of nitrogens with zero attached hydrogens (tertiary/aromatic N) is 2. The average Bonchev–Trinajstić information content (AvgIpc) is 3.09. The van der Waals surface area contributed by atoms with E-state index in [4.69, 9.17) is 0 Å². The van der Waals surface area contributed by atoms with Gasteiger partial charge in [0.1, 0.15) is 0 Å². The van der Waals surface area contributed by atoms with Gasteiger partial charge in [0.15, 0.2) is 0 Å². The highest BCUT2D eigenvalue weighted by molar-refractivity contribution is 14.1. The lowest BCUT2D eigenvalue weighted by Crippen LogP contribution is -2.57. The predicted octanol–water partition coefficient (Wildman–Crippen LogP) is 4.29. The Morgan fingerprint density at radius 3 is 2.69 bits per heavy atom. The number of allylic oxidation sites excluding steroid dienone is 1. The maximum atomic E-state index is 10.8. The highest BCUT2D eigenvalue weighted by Gasteiger charge is 2.41. The fourth-order valence-electron chi connectivity index (χ4n) is 5.51. The number of rotatable bonds is 3. The minimum Gasteiger partial charge on any atom is -0.391 e. The van der Waals surface area contributed by atoms with Crippen molar-refractivity contribution in [3.63, 3.8) is 0 Å². The molecule has 152 valence electrons. The Balaban J connectivity index is 1.25. The lowest BCUT2D eigenvalue weighted by atomic mass is 9.74. The van der Waals surface area contributed by atoms with Gasteiger partial charge in [-0.2, -0.15) is 0 Å². The number of hydrogen-bond acceptors (Lipinski definition) is 3. The van der Waals surface area contributed by atoms with E-state index in [9.17, 15) is 5.11 Å². The van der Waals surface area contributed by atoms with Crippen molar-refractivity contribution < 1.29 is 5.11 Å². The zero-order valence-corrected chi connectivity index (χ0v) is 19.0. The van der Waals surface area contributed by atoms with Gasteiger partial charge in [0, 0.05) is 34.7 Å². The quantitative estimate of drug-likeness (QED) is 0.638. The fraction of sp³-hybridized carbons (Fsp3) is 0.440. The van der Waals surface area contributed by atoms with Crippen molar-refractivity contribution in [3.8, 4) is 0 Å². The average molecular weight is 500 g/mol. The Kier molecular flexibility index (Phi) is 5.54. The lowest BCUT2D eigenvalue weighted by Gasteiger charge is -2.47. The normalized spacial score (nSPS) is 26.7. The molecule has 2 unspecified atom stereocenters. The highest BCUT2D eigenvalue weighted by Crippen LogP contribution is 2.44. The first kappa shape index (κ1) is 19.7. The van der Waals surface area contributed by atoms with E-state index in [1.807, 2.05) is 0 Å². The SMILES string of the molecule is OC1CCN(Cc2cccc(I)c2)CC1N1CCC2(C=Cc3ccccc32)CC1. The van der Waals surface area contributed by atoms with Gasteiger partial charge in [-0.1, -0.05) is 48.6 Å². The predicted molar refractivity (Wildman–Crippen MR) is 127 cm³/mol. The number of piperidine rings is 2. The summed E-state index contributed by atoms with van der Waals surface area (Å²) in [7, 11) is 0. The van der Waals surface area contributed by atoms with Gasteiger partial charge in [0.25, 0.3) is 0 Å².